The smallest absolute Gasteiger partial charge is 0.0832 e. The molecule has 2 N–H and O–H groups in total. The van der Waals surface area contributed by atoms with Gasteiger partial charge in [0.15, 0.2) is 0 Å². The Morgan fingerprint density at radius 1 is 1.29 bits per heavy atom. The van der Waals surface area contributed by atoms with Crippen LogP contribution in [0.4, 0.5) is 0 Å². The van der Waals surface area contributed by atoms with E-state index in [0.29, 0.717) is 16.6 Å². The van der Waals surface area contributed by atoms with E-state index in [2.05, 4.69) is 5.10 Å². The van der Waals surface area contributed by atoms with E-state index in [4.69, 9.17) is 28.9 Å². The fraction of sp³-hybridized carbons (Fsp3) is 0.250. The minimum absolute atomic E-state index is 0.589. The lowest BCUT2D eigenvalue weighted by Crippen LogP contribution is -1.99. The van der Waals surface area contributed by atoms with Crippen molar-refractivity contribution in [1.29, 1.82) is 0 Å². The van der Waals surface area contributed by atoms with E-state index < -0.39 is 0 Å². The summed E-state index contributed by atoms with van der Waals surface area (Å²) >= 11 is 12.0. The zero-order valence-electron chi connectivity index (χ0n) is 9.24. The Kier molecular flexibility index (Phi) is 4.05. The average Bonchev–Trinajstić information content (AvgIpc) is 2.75. The summed E-state index contributed by atoms with van der Waals surface area (Å²) in [5.41, 5.74) is 7.45. The molecule has 0 bridgehead atoms. The van der Waals surface area contributed by atoms with Crippen LogP contribution in [0.5, 0.6) is 0 Å². The number of aromatic nitrogens is 2. The van der Waals surface area contributed by atoms with E-state index in [1.807, 2.05) is 18.5 Å². The van der Waals surface area contributed by atoms with Crippen molar-refractivity contribution < 1.29 is 0 Å². The summed E-state index contributed by atoms with van der Waals surface area (Å²) in [4.78, 5) is 0. The highest BCUT2D eigenvalue weighted by Crippen LogP contribution is 2.24. The lowest BCUT2D eigenvalue weighted by atomic mass is 10.2. The maximum absolute atomic E-state index is 6.11. The first-order chi connectivity index (χ1) is 8.20. The van der Waals surface area contributed by atoms with Crippen molar-refractivity contribution in [3.63, 3.8) is 0 Å². The second kappa shape index (κ2) is 5.54. The summed E-state index contributed by atoms with van der Waals surface area (Å²) < 4.78 is 1.75. The Morgan fingerprint density at radius 2 is 2.12 bits per heavy atom. The van der Waals surface area contributed by atoms with Gasteiger partial charge in [-0.15, -0.1) is 0 Å². The van der Waals surface area contributed by atoms with Crippen LogP contribution >= 0.6 is 23.2 Å². The first-order valence-corrected chi connectivity index (χ1v) is 6.15. The van der Waals surface area contributed by atoms with Gasteiger partial charge in [-0.3, -0.25) is 0 Å². The predicted octanol–water partition coefficient (Wildman–Crippen LogP) is 3.07. The Balaban J connectivity index is 2.24. The number of hydrogen-bond acceptors (Lipinski definition) is 2. The largest absolute Gasteiger partial charge is 0.330 e. The van der Waals surface area contributed by atoms with Crippen LogP contribution in [0.1, 0.15) is 12.0 Å². The minimum Gasteiger partial charge on any atom is -0.330 e. The van der Waals surface area contributed by atoms with E-state index in [-0.39, 0.29) is 0 Å². The molecule has 1 heterocycles. The topological polar surface area (TPSA) is 43.8 Å². The lowest BCUT2D eigenvalue weighted by Gasteiger charge is -2.04. The third-order valence-corrected chi connectivity index (χ3v) is 3.00. The fourth-order valence-corrected chi connectivity index (χ4v) is 2.09. The molecule has 2 rings (SSSR count). The lowest BCUT2D eigenvalue weighted by molar-refractivity contribution is 0.831. The molecule has 2 aromatic rings. The van der Waals surface area contributed by atoms with Crippen LogP contribution in [0.15, 0.2) is 30.6 Å². The van der Waals surface area contributed by atoms with E-state index in [1.54, 1.807) is 16.8 Å². The van der Waals surface area contributed by atoms with Crippen LogP contribution in [0.3, 0.4) is 0 Å². The number of nitrogens with two attached hydrogens (primary N) is 1. The van der Waals surface area contributed by atoms with Gasteiger partial charge in [-0.25, -0.2) is 4.68 Å². The molecule has 0 aliphatic heterocycles. The van der Waals surface area contributed by atoms with Gasteiger partial charge in [0.05, 0.1) is 16.9 Å². The Bertz CT molecular complexity index is 508. The molecule has 17 heavy (non-hydrogen) atoms. The van der Waals surface area contributed by atoms with Crippen LogP contribution in [0.2, 0.25) is 10.0 Å². The fourth-order valence-electron chi connectivity index (χ4n) is 1.59. The molecule has 90 valence electrons. The van der Waals surface area contributed by atoms with Gasteiger partial charge < -0.3 is 5.73 Å². The van der Waals surface area contributed by atoms with E-state index in [0.717, 1.165) is 24.1 Å². The Morgan fingerprint density at radius 3 is 2.82 bits per heavy atom. The van der Waals surface area contributed by atoms with Gasteiger partial charge >= 0.3 is 0 Å². The quantitative estimate of drug-likeness (QED) is 0.927. The third-order valence-electron chi connectivity index (χ3n) is 2.46. The molecule has 0 unspecified atom stereocenters. The number of hydrogen-bond donors (Lipinski definition) is 1. The van der Waals surface area contributed by atoms with Gasteiger partial charge in [0.1, 0.15) is 0 Å². The normalized spacial score (nSPS) is 10.8. The van der Waals surface area contributed by atoms with Crippen LogP contribution in [0.25, 0.3) is 5.69 Å². The number of aryl methyl sites for hydroxylation is 1. The summed E-state index contributed by atoms with van der Waals surface area (Å²) in [6, 6.07) is 5.36. The number of nitrogens with zero attached hydrogens (tertiary/aromatic N) is 2. The molecule has 1 aromatic heterocycles. The SMILES string of the molecule is NCCCc1cnn(-c2ccc(Cl)cc2Cl)c1. The van der Waals surface area contributed by atoms with E-state index in [9.17, 15) is 0 Å². The number of halogens is 2. The average molecular weight is 270 g/mol. The Hall–Kier alpha value is -1.03. The monoisotopic (exact) mass is 269 g/mol. The Labute approximate surface area is 110 Å². The maximum Gasteiger partial charge on any atom is 0.0832 e. The van der Waals surface area contributed by atoms with Gasteiger partial charge in [-0.05, 0) is 43.1 Å². The van der Waals surface area contributed by atoms with Crippen LogP contribution in [-0.2, 0) is 6.42 Å². The first kappa shape index (κ1) is 12.4. The standard InChI is InChI=1S/C12H13Cl2N3/c13-10-3-4-12(11(14)6-10)17-8-9(7-16-17)2-1-5-15/h3-4,6-8H,1-2,5,15H2. The maximum atomic E-state index is 6.11. The van der Waals surface area contributed by atoms with Gasteiger partial charge in [0.2, 0.25) is 0 Å². The van der Waals surface area contributed by atoms with Crippen LogP contribution < -0.4 is 5.73 Å². The summed E-state index contributed by atoms with van der Waals surface area (Å²) in [6.45, 7) is 0.687. The van der Waals surface area contributed by atoms with Crippen LogP contribution in [-0.4, -0.2) is 16.3 Å². The van der Waals surface area contributed by atoms with Gasteiger partial charge in [-0.2, -0.15) is 5.10 Å². The summed E-state index contributed by atoms with van der Waals surface area (Å²) in [5, 5.41) is 5.49. The van der Waals surface area contributed by atoms with Crippen molar-refractivity contribution in [3.8, 4) is 5.69 Å². The highest BCUT2D eigenvalue weighted by Gasteiger charge is 2.05. The molecule has 0 amide bonds. The molecular weight excluding hydrogens is 257 g/mol. The molecule has 0 radical (unpaired) electrons. The highest BCUT2D eigenvalue weighted by atomic mass is 35.5. The second-order valence-electron chi connectivity index (χ2n) is 3.78. The molecule has 5 heteroatoms. The number of benzene rings is 1. The van der Waals surface area contributed by atoms with Crippen molar-refractivity contribution in [2.75, 3.05) is 6.54 Å². The summed E-state index contributed by atoms with van der Waals surface area (Å²) in [6.07, 6.45) is 5.69. The summed E-state index contributed by atoms with van der Waals surface area (Å²) in [5.74, 6) is 0. The third kappa shape index (κ3) is 3.00. The number of rotatable bonds is 4. The van der Waals surface area contributed by atoms with Crippen molar-refractivity contribution in [3.05, 3.63) is 46.2 Å². The molecular formula is C12H13Cl2N3. The second-order valence-corrected chi connectivity index (χ2v) is 4.62. The van der Waals surface area contributed by atoms with E-state index in [1.165, 1.54) is 0 Å². The predicted molar refractivity (Wildman–Crippen MR) is 71.0 cm³/mol. The molecule has 0 aliphatic rings. The molecule has 3 nitrogen and oxygen atoms in total. The molecule has 0 atom stereocenters. The molecule has 1 aromatic carbocycles. The van der Waals surface area contributed by atoms with Gasteiger partial charge in [0, 0.05) is 11.2 Å². The van der Waals surface area contributed by atoms with Gasteiger partial charge in [0.25, 0.3) is 0 Å². The van der Waals surface area contributed by atoms with Crippen molar-refractivity contribution in [2.24, 2.45) is 5.73 Å². The zero-order valence-corrected chi connectivity index (χ0v) is 10.7. The minimum atomic E-state index is 0.589. The highest BCUT2D eigenvalue weighted by molar-refractivity contribution is 6.35. The molecule has 0 spiro atoms. The summed E-state index contributed by atoms with van der Waals surface area (Å²) in [7, 11) is 0. The van der Waals surface area contributed by atoms with Crippen molar-refractivity contribution in [1.82, 2.24) is 9.78 Å². The van der Waals surface area contributed by atoms with Gasteiger partial charge in [-0.1, -0.05) is 23.2 Å². The molecule has 0 aliphatic carbocycles. The molecule has 0 saturated carbocycles. The van der Waals surface area contributed by atoms with Crippen LogP contribution in [0, 0.1) is 0 Å². The van der Waals surface area contributed by atoms with E-state index >= 15 is 0 Å². The molecule has 0 saturated heterocycles. The first-order valence-electron chi connectivity index (χ1n) is 5.40. The molecule has 0 fully saturated rings. The van der Waals surface area contributed by atoms with Crippen molar-refractivity contribution in [2.45, 2.75) is 12.8 Å². The zero-order chi connectivity index (χ0) is 12.3. The van der Waals surface area contributed by atoms with Crippen molar-refractivity contribution >= 4 is 23.2 Å².